The van der Waals surface area contributed by atoms with Gasteiger partial charge in [0, 0.05) is 44.5 Å². The molecule has 1 fully saturated rings. The van der Waals surface area contributed by atoms with E-state index in [0.29, 0.717) is 11.0 Å². The minimum atomic E-state index is -0.468. The van der Waals surface area contributed by atoms with E-state index in [4.69, 9.17) is 11.6 Å². The largest absolute Gasteiger partial charge is 0.353 e. The van der Waals surface area contributed by atoms with Crippen molar-refractivity contribution in [1.82, 2.24) is 15.6 Å². The lowest BCUT2D eigenvalue weighted by Gasteiger charge is -2.20. The third-order valence-electron chi connectivity index (χ3n) is 4.25. The van der Waals surface area contributed by atoms with E-state index in [0.717, 1.165) is 37.5 Å². The van der Waals surface area contributed by atoms with Crippen molar-refractivity contribution in [3.8, 4) is 0 Å². The fraction of sp³-hybridized carbons (Fsp3) is 0.333. The first-order valence-corrected chi connectivity index (χ1v) is 8.71. The smallest absolute Gasteiger partial charge is 0.191 e. The van der Waals surface area contributed by atoms with E-state index >= 15 is 0 Å². The van der Waals surface area contributed by atoms with Gasteiger partial charge in [-0.2, -0.15) is 0 Å². The van der Waals surface area contributed by atoms with Gasteiger partial charge in [0.2, 0.25) is 0 Å². The normalized spacial score (nSPS) is 16.8. The van der Waals surface area contributed by atoms with E-state index in [9.17, 15) is 8.78 Å². The first-order chi connectivity index (χ1) is 12.6. The average Bonchev–Trinajstić information content (AvgIpc) is 3.10. The maximum Gasteiger partial charge on any atom is 0.191 e. The molecule has 0 bridgehead atoms. The Hall–Kier alpha value is -1.68. The standard InChI is InChI=1S/C18H20ClF2N5.HI/c1-22-18(24-10-12-9-13(20)4-5-16(12)21)25-14-6-8-26(11-14)17-15(19)3-2-7-23-17;/h2-5,7,9,14H,6,8,10-11H2,1H3,(H2,22,24,25);1H. The summed E-state index contributed by atoms with van der Waals surface area (Å²) in [5.74, 6) is 0.381. The SMILES string of the molecule is CN=C(NCc1cc(F)ccc1F)NC1CCN(c2ncccc2Cl)C1.I. The quantitative estimate of drug-likeness (QED) is 0.377. The lowest BCUT2D eigenvalue weighted by Crippen LogP contribution is -2.44. The molecule has 0 radical (unpaired) electrons. The van der Waals surface area contributed by atoms with Crippen LogP contribution in [0.3, 0.4) is 0 Å². The van der Waals surface area contributed by atoms with Crippen molar-refractivity contribution in [3.63, 3.8) is 0 Å². The molecule has 0 amide bonds. The molecule has 3 rings (SSSR count). The second-order valence-electron chi connectivity index (χ2n) is 6.05. The molecule has 1 aromatic heterocycles. The lowest BCUT2D eigenvalue weighted by molar-refractivity contribution is 0.579. The van der Waals surface area contributed by atoms with Crippen LogP contribution >= 0.6 is 35.6 Å². The van der Waals surface area contributed by atoms with Gasteiger partial charge in [-0.25, -0.2) is 13.8 Å². The molecular formula is C18H21ClF2IN5. The zero-order valence-electron chi connectivity index (χ0n) is 14.8. The Kier molecular flexibility index (Phi) is 8.03. The summed E-state index contributed by atoms with van der Waals surface area (Å²) in [5, 5.41) is 6.94. The van der Waals surface area contributed by atoms with Gasteiger partial charge in [-0.15, -0.1) is 24.0 Å². The second-order valence-corrected chi connectivity index (χ2v) is 6.45. The van der Waals surface area contributed by atoms with E-state index in [1.54, 1.807) is 19.3 Å². The fourth-order valence-corrected chi connectivity index (χ4v) is 3.17. The average molecular weight is 508 g/mol. The summed E-state index contributed by atoms with van der Waals surface area (Å²) in [6.07, 6.45) is 2.61. The van der Waals surface area contributed by atoms with Crippen LogP contribution < -0.4 is 15.5 Å². The Bertz CT molecular complexity index is 805. The molecule has 5 nitrogen and oxygen atoms in total. The highest BCUT2D eigenvalue weighted by Gasteiger charge is 2.25. The van der Waals surface area contributed by atoms with Crippen molar-refractivity contribution in [2.24, 2.45) is 4.99 Å². The van der Waals surface area contributed by atoms with E-state index in [2.05, 4.69) is 25.5 Å². The number of nitrogens with one attached hydrogen (secondary N) is 2. The van der Waals surface area contributed by atoms with Gasteiger partial charge >= 0.3 is 0 Å². The van der Waals surface area contributed by atoms with Crippen LogP contribution in [-0.2, 0) is 6.54 Å². The van der Waals surface area contributed by atoms with Crippen LogP contribution in [0.1, 0.15) is 12.0 Å². The van der Waals surface area contributed by atoms with E-state index in [-0.39, 0.29) is 42.1 Å². The number of nitrogens with zero attached hydrogens (tertiary/aromatic N) is 3. The molecule has 0 aliphatic carbocycles. The zero-order valence-corrected chi connectivity index (χ0v) is 17.8. The summed E-state index contributed by atoms with van der Waals surface area (Å²) < 4.78 is 27.0. The molecule has 1 aromatic carbocycles. The summed E-state index contributed by atoms with van der Waals surface area (Å²) >= 11 is 6.20. The number of aliphatic imine (C=N–C) groups is 1. The van der Waals surface area contributed by atoms with Gasteiger partial charge in [-0.1, -0.05) is 11.6 Å². The number of rotatable bonds is 4. The van der Waals surface area contributed by atoms with Gasteiger partial charge in [-0.3, -0.25) is 4.99 Å². The lowest BCUT2D eigenvalue weighted by atomic mass is 10.2. The van der Waals surface area contributed by atoms with Crippen molar-refractivity contribution >= 4 is 47.4 Å². The summed E-state index contributed by atoms with van der Waals surface area (Å²) in [5.41, 5.74) is 0.251. The number of anilines is 1. The molecule has 2 N–H and O–H groups in total. The molecular weight excluding hydrogens is 487 g/mol. The van der Waals surface area contributed by atoms with E-state index in [1.807, 2.05) is 6.07 Å². The van der Waals surface area contributed by atoms with Crippen LogP contribution in [0.2, 0.25) is 5.02 Å². The van der Waals surface area contributed by atoms with E-state index < -0.39 is 11.6 Å². The third-order valence-corrected chi connectivity index (χ3v) is 4.54. The number of guanidine groups is 1. The van der Waals surface area contributed by atoms with Crippen molar-refractivity contribution in [2.75, 3.05) is 25.0 Å². The molecule has 9 heteroatoms. The molecule has 1 unspecified atom stereocenters. The molecule has 0 spiro atoms. The van der Waals surface area contributed by atoms with Crippen molar-refractivity contribution in [1.29, 1.82) is 0 Å². The monoisotopic (exact) mass is 507 g/mol. The zero-order chi connectivity index (χ0) is 18.5. The minimum absolute atomic E-state index is 0. The maximum atomic E-state index is 13.7. The Morgan fingerprint density at radius 2 is 2.19 bits per heavy atom. The van der Waals surface area contributed by atoms with Gasteiger partial charge in [0.1, 0.15) is 17.5 Å². The highest BCUT2D eigenvalue weighted by Crippen LogP contribution is 2.25. The molecule has 1 aliphatic rings. The van der Waals surface area contributed by atoms with Crippen LogP contribution in [0.15, 0.2) is 41.5 Å². The van der Waals surface area contributed by atoms with Gasteiger partial charge < -0.3 is 15.5 Å². The number of halogens is 4. The summed E-state index contributed by atoms with van der Waals surface area (Å²) in [6, 6.07) is 7.16. The van der Waals surface area contributed by atoms with Gasteiger partial charge in [0.25, 0.3) is 0 Å². The van der Waals surface area contributed by atoms with E-state index in [1.165, 1.54) is 6.07 Å². The molecule has 1 saturated heterocycles. The molecule has 27 heavy (non-hydrogen) atoms. The molecule has 1 aliphatic heterocycles. The molecule has 1 atom stereocenters. The second kappa shape index (κ2) is 10.0. The highest BCUT2D eigenvalue weighted by molar-refractivity contribution is 14.0. The third kappa shape index (κ3) is 5.65. The summed E-state index contributed by atoms with van der Waals surface area (Å²) in [6.45, 7) is 1.70. The fourth-order valence-electron chi connectivity index (χ4n) is 2.93. The number of hydrogen-bond acceptors (Lipinski definition) is 3. The van der Waals surface area contributed by atoms with Crippen molar-refractivity contribution in [2.45, 2.75) is 19.0 Å². The minimum Gasteiger partial charge on any atom is -0.353 e. The van der Waals surface area contributed by atoms with Crippen LogP contribution in [0, 0.1) is 11.6 Å². The number of pyridine rings is 1. The predicted molar refractivity (Wildman–Crippen MR) is 115 cm³/mol. The number of aromatic nitrogens is 1. The van der Waals surface area contributed by atoms with Crippen molar-refractivity contribution in [3.05, 3.63) is 58.7 Å². The molecule has 2 heterocycles. The summed E-state index contributed by atoms with van der Waals surface area (Å²) in [7, 11) is 1.64. The first kappa shape index (κ1) is 21.6. The summed E-state index contributed by atoms with van der Waals surface area (Å²) in [4.78, 5) is 10.6. The molecule has 0 saturated carbocycles. The van der Waals surface area contributed by atoms with Crippen LogP contribution in [0.5, 0.6) is 0 Å². The Balaban J connectivity index is 0.00000261. The number of benzene rings is 1. The molecule has 2 aromatic rings. The number of hydrogen-bond donors (Lipinski definition) is 2. The Labute approximate surface area is 179 Å². The van der Waals surface area contributed by atoms with Gasteiger partial charge in [0.15, 0.2) is 5.96 Å². The Morgan fingerprint density at radius 1 is 1.37 bits per heavy atom. The predicted octanol–water partition coefficient (Wildman–Crippen LogP) is 3.58. The first-order valence-electron chi connectivity index (χ1n) is 8.33. The topological polar surface area (TPSA) is 52.6 Å². The highest BCUT2D eigenvalue weighted by atomic mass is 127. The Morgan fingerprint density at radius 3 is 2.93 bits per heavy atom. The van der Waals surface area contributed by atoms with Gasteiger partial charge in [0.05, 0.1) is 5.02 Å². The van der Waals surface area contributed by atoms with Crippen LogP contribution in [0.4, 0.5) is 14.6 Å². The van der Waals surface area contributed by atoms with Crippen molar-refractivity contribution < 1.29 is 8.78 Å². The van der Waals surface area contributed by atoms with Crippen LogP contribution in [-0.4, -0.2) is 37.1 Å². The van der Waals surface area contributed by atoms with Crippen LogP contribution in [0.25, 0.3) is 0 Å². The molecule has 146 valence electrons. The van der Waals surface area contributed by atoms with Gasteiger partial charge in [-0.05, 0) is 36.8 Å². The maximum absolute atomic E-state index is 13.7.